The number of aromatic nitrogens is 1. The van der Waals surface area contributed by atoms with Crippen LogP contribution in [0.15, 0.2) is 34.9 Å². The molecule has 0 aliphatic heterocycles. The first-order valence-corrected chi connectivity index (χ1v) is 6.70. The number of rotatable bonds is 5. The number of carboxylic acid groups (broad SMARTS) is 1. The van der Waals surface area contributed by atoms with E-state index in [0.29, 0.717) is 17.4 Å². The number of carbonyl (C=O) groups excluding carboxylic acids is 1. The maximum Gasteiger partial charge on any atom is 0.335 e. The quantitative estimate of drug-likeness (QED) is 0.880. The van der Waals surface area contributed by atoms with Gasteiger partial charge in [0, 0.05) is 17.7 Å². The van der Waals surface area contributed by atoms with Gasteiger partial charge in [-0.25, -0.2) is 4.79 Å². The maximum absolute atomic E-state index is 11.9. The summed E-state index contributed by atoms with van der Waals surface area (Å²) in [6.07, 6.45) is 2.38. The molecule has 6 nitrogen and oxygen atoms in total. The van der Waals surface area contributed by atoms with Crippen LogP contribution in [0.1, 0.15) is 40.6 Å². The van der Waals surface area contributed by atoms with Gasteiger partial charge >= 0.3 is 5.97 Å². The molecule has 0 bridgehead atoms. The maximum atomic E-state index is 11.9. The third kappa shape index (κ3) is 3.28. The van der Waals surface area contributed by atoms with Gasteiger partial charge < -0.3 is 14.9 Å². The number of amides is 1. The van der Waals surface area contributed by atoms with Crippen molar-refractivity contribution in [2.75, 3.05) is 5.32 Å². The van der Waals surface area contributed by atoms with Crippen LogP contribution < -0.4 is 5.32 Å². The molecule has 0 unspecified atom stereocenters. The molecule has 0 atom stereocenters. The molecule has 6 heteroatoms. The van der Waals surface area contributed by atoms with E-state index in [2.05, 4.69) is 10.5 Å². The Balaban J connectivity index is 1.58. The molecule has 1 fully saturated rings. The number of benzene rings is 1. The molecule has 1 heterocycles. The summed E-state index contributed by atoms with van der Waals surface area (Å²) in [4.78, 5) is 22.6. The predicted molar refractivity (Wildman–Crippen MR) is 74.2 cm³/mol. The van der Waals surface area contributed by atoms with Crippen molar-refractivity contribution in [3.05, 3.63) is 47.3 Å². The second-order valence-electron chi connectivity index (χ2n) is 5.10. The lowest BCUT2D eigenvalue weighted by Gasteiger charge is -2.03. The van der Waals surface area contributed by atoms with Gasteiger partial charge in [0.05, 0.1) is 17.7 Å². The topological polar surface area (TPSA) is 92.4 Å². The number of carbonyl (C=O) groups is 2. The molecule has 1 aliphatic carbocycles. The predicted octanol–water partition coefficient (Wildman–Crippen LogP) is 2.43. The van der Waals surface area contributed by atoms with E-state index < -0.39 is 5.97 Å². The van der Waals surface area contributed by atoms with Gasteiger partial charge in [-0.1, -0.05) is 5.16 Å². The van der Waals surface area contributed by atoms with Gasteiger partial charge in [-0.15, -0.1) is 0 Å². The van der Waals surface area contributed by atoms with Crippen LogP contribution in [0.2, 0.25) is 0 Å². The summed E-state index contributed by atoms with van der Waals surface area (Å²) >= 11 is 0. The van der Waals surface area contributed by atoms with Crippen molar-refractivity contribution in [1.29, 1.82) is 0 Å². The van der Waals surface area contributed by atoms with E-state index in [1.54, 1.807) is 12.1 Å². The van der Waals surface area contributed by atoms with Crippen LogP contribution in [0.3, 0.4) is 0 Å². The SMILES string of the molecule is O=C(Cc1cc(C2CC2)no1)Nc1ccc(C(=O)O)cc1. The summed E-state index contributed by atoms with van der Waals surface area (Å²) in [6.45, 7) is 0. The average Bonchev–Trinajstić information content (AvgIpc) is 3.20. The summed E-state index contributed by atoms with van der Waals surface area (Å²) in [5.74, 6) is -0.190. The Morgan fingerprint density at radius 2 is 2.00 bits per heavy atom. The minimum Gasteiger partial charge on any atom is -0.478 e. The number of nitrogens with one attached hydrogen (secondary N) is 1. The Bertz CT molecular complexity index is 671. The smallest absolute Gasteiger partial charge is 0.335 e. The highest BCUT2D eigenvalue weighted by molar-refractivity contribution is 5.93. The van der Waals surface area contributed by atoms with Crippen molar-refractivity contribution in [3.63, 3.8) is 0 Å². The molecule has 0 spiro atoms. The number of anilines is 1. The minimum atomic E-state index is -0.998. The molecule has 0 radical (unpaired) electrons. The highest BCUT2D eigenvalue weighted by Crippen LogP contribution is 2.39. The molecule has 108 valence electrons. The monoisotopic (exact) mass is 286 g/mol. The van der Waals surface area contributed by atoms with E-state index in [-0.39, 0.29) is 17.9 Å². The zero-order valence-electron chi connectivity index (χ0n) is 11.2. The fraction of sp³-hybridized carbons (Fsp3) is 0.267. The van der Waals surface area contributed by atoms with Gasteiger partial charge in [-0.2, -0.15) is 0 Å². The summed E-state index contributed by atoms with van der Waals surface area (Å²) in [5.41, 5.74) is 1.65. The fourth-order valence-electron chi connectivity index (χ4n) is 2.04. The average molecular weight is 286 g/mol. The molecular weight excluding hydrogens is 272 g/mol. The number of carboxylic acids is 1. The van der Waals surface area contributed by atoms with Crippen molar-refractivity contribution < 1.29 is 19.2 Å². The second kappa shape index (κ2) is 5.40. The van der Waals surface area contributed by atoms with Crippen molar-refractivity contribution in [1.82, 2.24) is 5.16 Å². The lowest BCUT2D eigenvalue weighted by molar-refractivity contribution is -0.115. The molecule has 1 aliphatic rings. The number of aromatic carboxylic acids is 1. The van der Waals surface area contributed by atoms with Gasteiger partial charge in [0.2, 0.25) is 5.91 Å². The van der Waals surface area contributed by atoms with Gasteiger partial charge in [0.15, 0.2) is 0 Å². The Kier molecular flexibility index (Phi) is 3.43. The van der Waals surface area contributed by atoms with Crippen LogP contribution in [-0.4, -0.2) is 22.1 Å². The van der Waals surface area contributed by atoms with Crippen LogP contribution in [-0.2, 0) is 11.2 Å². The summed E-state index contributed by atoms with van der Waals surface area (Å²) in [6, 6.07) is 7.81. The third-order valence-electron chi connectivity index (χ3n) is 3.32. The summed E-state index contributed by atoms with van der Waals surface area (Å²) in [7, 11) is 0. The Hall–Kier alpha value is -2.63. The standard InChI is InChI=1S/C15H14N2O4/c18-14(8-12-7-13(17-21-12)9-1-2-9)16-11-5-3-10(4-6-11)15(19)20/h3-7,9H,1-2,8H2,(H,16,18)(H,19,20). The number of nitrogens with zero attached hydrogens (tertiary/aromatic N) is 1. The number of hydrogen-bond donors (Lipinski definition) is 2. The van der Waals surface area contributed by atoms with Crippen LogP contribution in [0.4, 0.5) is 5.69 Å². The second-order valence-corrected chi connectivity index (χ2v) is 5.10. The van der Waals surface area contributed by atoms with E-state index in [9.17, 15) is 9.59 Å². The first kappa shape index (κ1) is 13.4. The van der Waals surface area contributed by atoms with Gasteiger partial charge in [0.1, 0.15) is 5.76 Å². The molecule has 0 saturated heterocycles. The molecule has 1 saturated carbocycles. The first-order valence-electron chi connectivity index (χ1n) is 6.70. The molecule has 1 aromatic carbocycles. The normalized spacial score (nSPS) is 13.9. The van der Waals surface area contributed by atoms with Crippen LogP contribution in [0, 0.1) is 0 Å². The molecule has 1 amide bonds. The van der Waals surface area contributed by atoms with E-state index in [1.807, 2.05) is 6.07 Å². The lowest BCUT2D eigenvalue weighted by atomic mass is 10.2. The van der Waals surface area contributed by atoms with E-state index >= 15 is 0 Å². The van der Waals surface area contributed by atoms with E-state index in [0.717, 1.165) is 18.5 Å². The molecule has 2 aromatic rings. The van der Waals surface area contributed by atoms with Crippen LogP contribution in [0.5, 0.6) is 0 Å². The zero-order chi connectivity index (χ0) is 14.8. The molecule has 3 rings (SSSR count). The van der Waals surface area contributed by atoms with Gasteiger partial charge in [0.25, 0.3) is 0 Å². The molecular formula is C15H14N2O4. The molecule has 2 N–H and O–H groups in total. The van der Waals surface area contributed by atoms with Gasteiger partial charge in [-0.05, 0) is 37.1 Å². The van der Waals surface area contributed by atoms with E-state index in [1.165, 1.54) is 12.1 Å². The van der Waals surface area contributed by atoms with Crippen molar-refractivity contribution in [3.8, 4) is 0 Å². The fourth-order valence-corrected chi connectivity index (χ4v) is 2.04. The Labute approximate surface area is 120 Å². The van der Waals surface area contributed by atoms with Gasteiger partial charge in [-0.3, -0.25) is 4.79 Å². The minimum absolute atomic E-state index is 0.112. The van der Waals surface area contributed by atoms with Crippen LogP contribution in [0.25, 0.3) is 0 Å². The molecule has 21 heavy (non-hydrogen) atoms. The Morgan fingerprint density at radius 3 is 2.62 bits per heavy atom. The third-order valence-corrected chi connectivity index (χ3v) is 3.32. The zero-order valence-corrected chi connectivity index (χ0v) is 11.2. The highest BCUT2D eigenvalue weighted by atomic mass is 16.5. The Morgan fingerprint density at radius 1 is 1.29 bits per heavy atom. The largest absolute Gasteiger partial charge is 0.478 e. The first-order chi connectivity index (χ1) is 10.1. The number of hydrogen-bond acceptors (Lipinski definition) is 4. The van der Waals surface area contributed by atoms with E-state index in [4.69, 9.17) is 9.63 Å². The van der Waals surface area contributed by atoms with Crippen LogP contribution >= 0.6 is 0 Å². The lowest BCUT2D eigenvalue weighted by Crippen LogP contribution is -2.14. The van der Waals surface area contributed by atoms with Crippen molar-refractivity contribution >= 4 is 17.6 Å². The highest BCUT2D eigenvalue weighted by Gasteiger charge is 2.27. The van der Waals surface area contributed by atoms with Crippen molar-refractivity contribution in [2.24, 2.45) is 0 Å². The van der Waals surface area contributed by atoms with Crippen molar-refractivity contribution in [2.45, 2.75) is 25.2 Å². The summed E-state index contributed by atoms with van der Waals surface area (Å²) < 4.78 is 5.14. The summed E-state index contributed by atoms with van der Waals surface area (Å²) in [5, 5.41) is 15.4. The molecule has 1 aromatic heterocycles.